The van der Waals surface area contributed by atoms with Gasteiger partial charge in [0.05, 0.1) is 5.25 Å². The average molecular weight is 322 g/mol. The van der Waals surface area contributed by atoms with E-state index in [1.54, 1.807) is 7.05 Å². The third-order valence-corrected chi connectivity index (χ3v) is 4.94. The van der Waals surface area contributed by atoms with Crippen molar-refractivity contribution in [2.75, 3.05) is 5.32 Å². The summed E-state index contributed by atoms with van der Waals surface area (Å²) in [7, 11) is 1.67. The molecule has 1 aromatic heterocycles. The van der Waals surface area contributed by atoms with Crippen LogP contribution in [0, 0.1) is 13.8 Å². The topological polar surface area (TPSA) is 79.0 Å². The minimum atomic E-state index is -0.468. The lowest BCUT2D eigenvalue weighted by molar-refractivity contribution is -0.772. The standard InChI is InChI=1S/C15H19N3O3S/c1-5-12(22-14-15(20)21-17-18(14)4)13(19)16-11-7-6-9(2)10(3)8-11/h6-8,12H,5H2,1-4H3,(H-,16,17,19,20)/p+1. The third kappa shape index (κ3) is 3.59. The number of H-pyrrole nitrogens is 1. The van der Waals surface area contributed by atoms with Crippen LogP contribution in [-0.4, -0.2) is 16.4 Å². The number of nitrogens with one attached hydrogen (secondary N) is 2. The van der Waals surface area contributed by atoms with Gasteiger partial charge in [-0.25, -0.2) is 4.79 Å². The van der Waals surface area contributed by atoms with Crippen LogP contribution in [0.2, 0.25) is 0 Å². The van der Waals surface area contributed by atoms with Crippen LogP contribution in [0.15, 0.2) is 32.5 Å². The first-order valence-corrected chi connectivity index (χ1v) is 7.92. The van der Waals surface area contributed by atoms with E-state index in [4.69, 9.17) is 4.52 Å². The normalized spacial score (nSPS) is 12.2. The van der Waals surface area contributed by atoms with Crippen LogP contribution in [0.4, 0.5) is 5.69 Å². The van der Waals surface area contributed by atoms with Gasteiger partial charge >= 0.3 is 10.7 Å². The Balaban J connectivity index is 2.12. The van der Waals surface area contributed by atoms with E-state index in [0.29, 0.717) is 11.4 Å². The lowest BCUT2D eigenvalue weighted by Gasteiger charge is -2.13. The Kier molecular flexibility index (Phi) is 5.07. The number of aromatic nitrogens is 2. The zero-order valence-corrected chi connectivity index (χ0v) is 13.9. The summed E-state index contributed by atoms with van der Waals surface area (Å²) in [6.07, 6.45) is 0.603. The molecular formula is C15H20N3O3S+. The molecule has 2 aromatic rings. The Morgan fingerprint density at radius 3 is 2.68 bits per heavy atom. The lowest BCUT2D eigenvalue weighted by Crippen LogP contribution is -2.35. The molecule has 0 aliphatic carbocycles. The van der Waals surface area contributed by atoms with Gasteiger partial charge in [0.2, 0.25) is 5.91 Å². The molecule has 1 amide bonds. The highest BCUT2D eigenvalue weighted by Gasteiger charge is 2.27. The van der Waals surface area contributed by atoms with Crippen molar-refractivity contribution in [1.82, 2.24) is 5.27 Å². The number of thioether (sulfide) groups is 1. The summed E-state index contributed by atoms with van der Waals surface area (Å²) in [5.74, 6) is -0.128. The van der Waals surface area contributed by atoms with Gasteiger partial charge in [0, 0.05) is 5.69 Å². The largest absolute Gasteiger partial charge is 0.441 e. The molecular weight excluding hydrogens is 302 g/mol. The number of rotatable bonds is 5. The molecule has 0 radical (unpaired) electrons. The number of benzene rings is 1. The van der Waals surface area contributed by atoms with Crippen molar-refractivity contribution in [3.05, 3.63) is 39.7 Å². The second kappa shape index (κ2) is 6.83. The van der Waals surface area contributed by atoms with Gasteiger partial charge in [-0.05, 0) is 60.6 Å². The molecule has 6 nitrogen and oxygen atoms in total. The molecule has 0 bridgehead atoms. The van der Waals surface area contributed by atoms with Gasteiger partial charge in [0.1, 0.15) is 0 Å². The molecule has 0 saturated heterocycles. The molecule has 2 N–H and O–H groups in total. The van der Waals surface area contributed by atoms with Crippen molar-refractivity contribution >= 4 is 23.4 Å². The highest BCUT2D eigenvalue weighted by atomic mass is 32.2. The number of carbonyl (C=O) groups excluding carboxylic acids is 1. The molecule has 1 unspecified atom stereocenters. The fraction of sp³-hybridized carbons (Fsp3) is 0.400. The van der Waals surface area contributed by atoms with E-state index in [9.17, 15) is 9.59 Å². The van der Waals surface area contributed by atoms with E-state index < -0.39 is 5.63 Å². The number of aryl methyl sites for hydroxylation is 3. The second-order valence-electron chi connectivity index (χ2n) is 5.15. The smallest absolute Gasteiger partial charge is 0.325 e. The minimum absolute atomic E-state index is 0.128. The first kappa shape index (κ1) is 16.4. The predicted molar refractivity (Wildman–Crippen MR) is 85.0 cm³/mol. The average Bonchev–Trinajstić information content (AvgIpc) is 2.79. The first-order valence-electron chi connectivity index (χ1n) is 7.04. The summed E-state index contributed by atoms with van der Waals surface area (Å²) in [6, 6.07) is 5.79. The van der Waals surface area contributed by atoms with Crippen LogP contribution in [0.3, 0.4) is 0 Å². The molecule has 0 aliphatic heterocycles. The lowest BCUT2D eigenvalue weighted by atomic mass is 10.1. The molecule has 7 heteroatoms. The van der Waals surface area contributed by atoms with Crippen molar-refractivity contribution in [2.24, 2.45) is 7.05 Å². The minimum Gasteiger partial charge on any atom is -0.325 e. The number of hydrogen-bond acceptors (Lipinski definition) is 4. The predicted octanol–water partition coefficient (Wildman–Crippen LogP) is 1.92. The second-order valence-corrected chi connectivity index (χ2v) is 6.34. The fourth-order valence-corrected chi connectivity index (χ4v) is 2.89. The molecule has 0 fully saturated rings. The van der Waals surface area contributed by atoms with Gasteiger partial charge in [0.15, 0.2) is 7.05 Å². The first-order chi connectivity index (χ1) is 10.4. The summed E-state index contributed by atoms with van der Waals surface area (Å²) in [6.45, 7) is 5.94. The van der Waals surface area contributed by atoms with Crippen molar-refractivity contribution in [1.29, 1.82) is 0 Å². The van der Waals surface area contributed by atoms with E-state index in [2.05, 4.69) is 10.6 Å². The summed E-state index contributed by atoms with van der Waals surface area (Å²) in [4.78, 5) is 24.0. The van der Waals surface area contributed by atoms with Crippen LogP contribution < -0.4 is 15.6 Å². The van der Waals surface area contributed by atoms with Gasteiger partial charge in [-0.2, -0.15) is 0 Å². The van der Waals surface area contributed by atoms with Crippen molar-refractivity contribution < 1.29 is 14.0 Å². The Morgan fingerprint density at radius 1 is 1.41 bits per heavy atom. The zero-order valence-electron chi connectivity index (χ0n) is 13.1. The highest BCUT2D eigenvalue weighted by molar-refractivity contribution is 8.00. The fourth-order valence-electron chi connectivity index (χ4n) is 1.96. The van der Waals surface area contributed by atoms with E-state index in [1.807, 2.05) is 39.0 Å². The maximum atomic E-state index is 12.4. The highest BCUT2D eigenvalue weighted by Crippen LogP contribution is 2.22. The summed E-state index contributed by atoms with van der Waals surface area (Å²) in [5, 5.41) is 5.35. The third-order valence-electron chi connectivity index (χ3n) is 3.45. The number of anilines is 1. The molecule has 1 atom stereocenters. The molecule has 1 aromatic carbocycles. The van der Waals surface area contributed by atoms with Crippen LogP contribution in [0.5, 0.6) is 0 Å². The number of nitrogens with zero attached hydrogens (tertiary/aromatic N) is 1. The quantitative estimate of drug-likeness (QED) is 0.651. The SMILES string of the molecule is CCC(Sc1c(=O)o[nH][n+]1C)C(=O)Nc1ccc(C)c(C)c1. The van der Waals surface area contributed by atoms with E-state index in [-0.39, 0.29) is 11.2 Å². The molecule has 2 rings (SSSR count). The van der Waals surface area contributed by atoms with E-state index >= 15 is 0 Å². The number of carbonyl (C=O) groups is 1. The van der Waals surface area contributed by atoms with Gasteiger partial charge in [0.25, 0.3) is 0 Å². The van der Waals surface area contributed by atoms with Gasteiger partial charge in [-0.3, -0.25) is 9.32 Å². The zero-order chi connectivity index (χ0) is 16.3. The van der Waals surface area contributed by atoms with Gasteiger partial charge in [-0.15, -0.1) is 0 Å². The maximum Gasteiger partial charge on any atom is 0.441 e. The molecule has 0 spiro atoms. The van der Waals surface area contributed by atoms with Crippen LogP contribution in [0.25, 0.3) is 0 Å². The Labute approximate surface area is 132 Å². The Bertz CT molecular complexity index is 736. The van der Waals surface area contributed by atoms with Crippen molar-refractivity contribution in [3.63, 3.8) is 0 Å². The molecule has 22 heavy (non-hydrogen) atoms. The van der Waals surface area contributed by atoms with Crippen LogP contribution in [-0.2, 0) is 11.8 Å². The Morgan fingerprint density at radius 2 is 2.14 bits per heavy atom. The molecule has 0 saturated carbocycles. The molecule has 0 aliphatic rings. The number of hydrogen-bond donors (Lipinski definition) is 2. The van der Waals surface area contributed by atoms with Gasteiger partial charge in [-0.1, -0.05) is 17.7 Å². The molecule has 1 heterocycles. The van der Waals surface area contributed by atoms with E-state index in [1.165, 1.54) is 22.0 Å². The van der Waals surface area contributed by atoms with Crippen molar-refractivity contribution in [2.45, 2.75) is 37.5 Å². The maximum absolute atomic E-state index is 12.4. The summed E-state index contributed by atoms with van der Waals surface area (Å²) >= 11 is 1.20. The van der Waals surface area contributed by atoms with Crippen LogP contribution >= 0.6 is 11.8 Å². The monoisotopic (exact) mass is 322 g/mol. The summed E-state index contributed by atoms with van der Waals surface area (Å²) in [5.41, 5.74) is 2.59. The number of aromatic amines is 1. The van der Waals surface area contributed by atoms with Crippen LogP contribution in [0.1, 0.15) is 24.5 Å². The Hall–Kier alpha value is -2.02. The molecule has 118 valence electrons. The number of amides is 1. The summed E-state index contributed by atoms with van der Waals surface area (Å²) < 4.78 is 6.17. The van der Waals surface area contributed by atoms with Gasteiger partial charge < -0.3 is 5.32 Å². The van der Waals surface area contributed by atoms with Crippen molar-refractivity contribution in [3.8, 4) is 0 Å². The van der Waals surface area contributed by atoms with E-state index in [0.717, 1.165) is 11.3 Å².